The van der Waals surface area contributed by atoms with E-state index < -0.39 is 6.10 Å². The summed E-state index contributed by atoms with van der Waals surface area (Å²) in [7, 11) is 0. The lowest BCUT2D eigenvalue weighted by Crippen LogP contribution is -2.30. The van der Waals surface area contributed by atoms with Crippen LogP contribution in [0.3, 0.4) is 0 Å². The van der Waals surface area contributed by atoms with Gasteiger partial charge in [0, 0.05) is 19.3 Å². The third-order valence-corrected chi connectivity index (χ3v) is 13.5. The van der Waals surface area contributed by atoms with Gasteiger partial charge in [0.25, 0.3) is 0 Å². The minimum Gasteiger partial charge on any atom is -0.462 e. The van der Waals surface area contributed by atoms with Crippen molar-refractivity contribution < 1.29 is 28.6 Å². The van der Waals surface area contributed by atoms with Crippen molar-refractivity contribution in [1.82, 2.24) is 0 Å². The number of ether oxygens (including phenoxy) is 3. The summed E-state index contributed by atoms with van der Waals surface area (Å²) in [6.45, 7) is 13.7. The molecule has 0 bridgehead atoms. The number of carbonyl (C=O) groups excluding carboxylic acids is 3. The fraction of sp³-hybridized carbons (Fsp3) is 0.948. The largest absolute Gasteiger partial charge is 0.462 e. The molecule has 1 unspecified atom stereocenters. The van der Waals surface area contributed by atoms with E-state index in [1.165, 1.54) is 199 Å². The van der Waals surface area contributed by atoms with Crippen LogP contribution in [0.25, 0.3) is 0 Å². The van der Waals surface area contributed by atoms with Crippen LogP contribution in [0.15, 0.2) is 0 Å². The highest BCUT2D eigenvalue weighted by molar-refractivity contribution is 5.71. The molecule has 0 spiro atoms. The van der Waals surface area contributed by atoms with Crippen LogP contribution in [0.2, 0.25) is 0 Å². The fourth-order valence-corrected chi connectivity index (χ4v) is 8.79. The van der Waals surface area contributed by atoms with E-state index in [1.807, 2.05) is 0 Å². The Morgan fingerprint density at radius 1 is 0.312 bits per heavy atom. The summed E-state index contributed by atoms with van der Waals surface area (Å²) in [5.41, 5.74) is 0. The summed E-state index contributed by atoms with van der Waals surface area (Å²) in [4.78, 5) is 38.0. The molecule has 0 aromatic carbocycles. The summed E-state index contributed by atoms with van der Waals surface area (Å²) in [5, 5.41) is 0. The second kappa shape index (κ2) is 49.3. The number of hydrogen-bond acceptors (Lipinski definition) is 6. The molecule has 0 saturated carbocycles. The van der Waals surface area contributed by atoms with Gasteiger partial charge in [0.2, 0.25) is 0 Å². The number of carbonyl (C=O) groups is 3. The molecule has 0 aliphatic rings. The first kappa shape index (κ1) is 62.4. The number of rotatable bonds is 51. The van der Waals surface area contributed by atoms with E-state index in [2.05, 4.69) is 41.5 Å². The maximum Gasteiger partial charge on any atom is 0.306 e. The standard InChI is InChI=1S/C58H112O6/c1-7-54(6)46-40-34-28-22-18-14-12-10-8-9-11-13-15-19-24-30-37-43-49-58(61)64-55(51-63-57(60)48-42-36-31-25-27-33-39-45-53(4)5)50-62-56(59)47-41-35-29-23-20-16-17-21-26-32-38-44-52(2)3/h52-55H,7-51H2,1-6H3/t54?,55-/m0/s1. The van der Waals surface area contributed by atoms with Crippen molar-refractivity contribution in [3.8, 4) is 0 Å². The van der Waals surface area contributed by atoms with Gasteiger partial charge in [-0.1, -0.05) is 279 Å². The molecule has 0 aromatic rings. The molecule has 0 amide bonds. The maximum atomic E-state index is 12.8. The first-order valence-corrected chi connectivity index (χ1v) is 28.6. The molecule has 0 saturated heterocycles. The Morgan fingerprint density at radius 3 is 0.812 bits per heavy atom. The summed E-state index contributed by atoms with van der Waals surface area (Å²) in [6, 6.07) is 0. The van der Waals surface area contributed by atoms with Gasteiger partial charge >= 0.3 is 17.9 Å². The lowest BCUT2D eigenvalue weighted by atomic mass is 9.99. The summed E-state index contributed by atoms with van der Waals surface area (Å²) >= 11 is 0. The Hall–Kier alpha value is -1.59. The van der Waals surface area contributed by atoms with Gasteiger partial charge < -0.3 is 14.2 Å². The number of esters is 3. The summed E-state index contributed by atoms with van der Waals surface area (Å²) in [5.74, 6) is 1.67. The van der Waals surface area contributed by atoms with Crippen molar-refractivity contribution in [1.29, 1.82) is 0 Å². The molecule has 0 heterocycles. The first-order chi connectivity index (χ1) is 31.1. The zero-order valence-electron chi connectivity index (χ0n) is 44.1. The average Bonchev–Trinajstić information content (AvgIpc) is 3.27. The van der Waals surface area contributed by atoms with E-state index in [-0.39, 0.29) is 31.1 Å². The highest BCUT2D eigenvalue weighted by Crippen LogP contribution is 2.19. The van der Waals surface area contributed by atoms with E-state index in [4.69, 9.17) is 14.2 Å². The van der Waals surface area contributed by atoms with E-state index in [1.54, 1.807) is 0 Å². The van der Waals surface area contributed by atoms with E-state index in [0.717, 1.165) is 75.5 Å². The zero-order valence-corrected chi connectivity index (χ0v) is 44.1. The van der Waals surface area contributed by atoms with Crippen molar-refractivity contribution in [2.24, 2.45) is 17.8 Å². The molecule has 0 fully saturated rings. The van der Waals surface area contributed by atoms with Gasteiger partial charge in [-0.05, 0) is 37.0 Å². The molecule has 2 atom stereocenters. The fourth-order valence-electron chi connectivity index (χ4n) is 8.79. The number of hydrogen-bond donors (Lipinski definition) is 0. The molecule has 6 heteroatoms. The molecule has 0 aliphatic heterocycles. The highest BCUT2D eigenvalue weighted by Gasteiger charge is 2.19. The third-order valence-electron chi connectivity index (χ3n) is 13.5. The topological polar surface area (TPSA) is 78.9 Å². The Kier molecular flexibility index (Phi) is 48.1. The Bertz CT molecular complexity index is 993. The van der Waals surface area contributed by atoms with Crippen molar-refractivity contribution in [3.05, 3.63) is 0 Å². The van der Waals surface area contributed by atoms with Gasteiger partial charge in [-0.25, -0.2) is 0 Å². The predicted molar refractivity (Wildman–Crippen MR) is 275 cm³/mol. The van der Waals surface area contributed by atoms with Crippen LogP contribution in [-0.2, 0) is 28.6 Å². The van der Waals surface area contributed by atoms with Crippen LogP contribution in [-0.4, -0.2) is 37.2 Å². The van der Waals surface area contributed by atoms with Crippen molar-refractivity contribution in [3.63, 3.8) is 0 Å². The predicted octanol–water partition coefficient (Wildman–Crippen LogP) is 18.7. The second-order valence-electron chi connectivity index (χ2n) is 21.1. The molecule has 380 valence electrons. The van der Waals surface area contributed by atoms with Gasteiger partial charge in [0.05, 0.1) is 0 Å². The summed E-state index contributed by atoms with van der Waals surface area (Å²) in [6.07, 6.45) is 51.0. The Labute approximate surface area is 399 Å². The Morgan fingerprint density at radius 2 is 0.547 bits per heavy atom. The lowest BCUT2D eigenvalue weighted by molar-refractivity contribution is -0.167. The van der Waals surface area contributed by atoms with Crippen LogP contribution in [0, 0.1) is 17.8 Å². The van der Waals surface area contributed by atoms with Crippen molar-refractivity contribution in [2.45, 2.75) is 324 Å². The molecule has 6 nitrogen and oxygen atoms in total. The minimum atomic E-state index is -0.763. The van der Waals surface area contributed by atoms with Crippen molar-refractivity contribution in [2.75, 3.05) is 13.2 Å². The SMILES string of the molecule is CCC(C)CCCCCCCCCCCCCCCCCCCCC(=O)O[C@@H](COC(=O)CCCCCCCCCCCCCC(C)C)COC(=O)CCCCCCCCCC(C)C. The second-order valence-corrected chi connectivity index (χ2v) is 21.1. The highest BCUT2D eigenvalue weighted by atomic mass is 16.6. The van der Waals surface area contributed by atoms with Crippen LogP contribution in [0.4, 0.5) is 0 Å². The molecule has 0 aromatic heterocycles. The van der Waals surface area contributed by atoms with Gasteiger partial charge in [-0.15, -0.1) is 0 Å². The van der Waals surface area contributed by atoms with Gasteiger partial charge in [-0.2, -0.15) is 0 Å². The van der Waals surface area contributed by atoms with Crippen LogP contribution in [0.5, 0.6) is 0 Å². The minimum absolute atomic E-state index is 0.0645. The molecule has 0 aliphatic carbocycles. The maximum absolute atomic E-state index is 12.8. The first-order valence-electron chi connectivity index (χ1n) is 28.6. The van der Waals surface area contributed by atoms with Crippen LogP contribution in [0.1, 0.15) is 318 Å². The Balaban J connectivity index is 4.22. The van der Waals surface area contributed by atoms with Gasteiger partial charge in [0.15, 0.2) is 6.10 Å². The van der Waals surface area contributed by atoms with Crippen molar-refractivity contribution >= 4 is 17.9 Å². The van der Waals surface area contributed by atoms with Gasteiger partial charge in [-0.3, -0.25) is 14.4 Å². The number of unbranched alkanes of at least 4 members (excludes halogenated alkanes) is 33. The smallest absolute Gasteiger partial charge is 0.306 e. The molecule has 0 radical (unpaired) electrons. The van der Waals surface area contributed by atoms with E-state index >= 15 is 0 Å². The molecule has 0 rings (SSSR count). The third kappa shape index (κ3) is 49.8. The molecular formula is C58H112O6. The molecule has 64 heavy (non-hydrogen) atoms. The van der Waals surface area contributed by atoms with Crippen LogP contribution >= 0.6 is 0 Å². The quantitative estimate of drug-likeness (QED) is 0.0344. The zero-order chi connectivity index (χ0) is 47.0. The van der Waals surface area contributed by atoms with Crippen LogP contribution < -0.4 is 0 Å². The van der Waals surface area contributed by atoms with Gasteiger partial charge in [0.1, 0.15) is 13.2 Å². The lowest BCUT2D eigenvalue weighted by Gasteiger charge is -2.18. The average molecular weight is 906 g/mol. The van der Waals surface area contributed by atoms with E-state index in [9.17, 15) is 14.4 Å². The summed E-state index contributed by atoms with van der Waals surface area (Å²) < 4.78 is 16.8. The van der Waals surface area contributed by atoms with E-state index in [0.29, 0.717) is 19.3 Å². The molecular weight excluding hydrogens is 793 g/mol. The molecule has 0 N–H and O–H groups in total. The normalized spacial score (nSPS) is 12.6. The monoisotopic (exact) mass is 905 g/mol.